The molecule has 1 aliphatic carbocycles. The van der Waals surface area contributed by atoms with Crippen LogP contribution in [-0.2, 0) is 14.4 Å². The van der Waals surface area contributed by atoms with Crippen LogP contribution in [0.4, 0.5) is 11.4 Å². The third kappa shape index (κ3) is 5.86. The van der Waals surface area contributed by atoms with Gasteiger partial charge in [0.05, 0.1) is 0 Å². The summed E-state index contributed by atoms with van der Waals surface area (Å²) in [5, 5.41) is 8.46. The number of anilines is 2. The molecule has 142 valence electrons. The number of rotatable bonds is 6. The summed E-state index contributed by atoms with van der Waals surface area (Å²) >= 11 is 0. The Morgan fingerprint density at radius 3 is 2.19 bits per heavy atom. The lowest BCUT2D eigenvalue weighted by molar-refractivity contribution is -0.130. The average Bonchev–Trinajstić information content (AvgIpc) is 2.59. The lowest BCUT2D eigenvalue weighted by atomic mass is 9.88. The Morgan fingerprint density at radius 1 is 1.00 bits per heavy atom. The molecule has 0 saturated heterocycles. The Morgan fingerprint density at radius 2 is 1.62 bits per heavy atom. The number of carbonyl (C=O) groups excluding carboxylic acids is 3. The van der Waals surface area contributed by atoms with Gasteiger partial charge in [-0.15, -0.1) is 0 Å². The standard InChI is InChI=1S/C20H29N3O3/c1-13(2)18(23-19(25)15-8-5-4-6-9-15)20(26)22-17-11-7-10-16(12-17)21-14(3)24/h7,10-13,15,18H,4-6,8-9H2,1-3H3,(H,21,24)(H,22,26)(H,23,25). The smallest absolute Gasteiger partial charge is 0.247 e. The van der Waals surface area contributed by atoms with E-state index in [9.17, 15) is 14.4 Å². The molecular formula is C20H29N3O3. The summed E-state index contributed by atoms with van der Waals surface area (Å²) in [5.41, 5.74) is 1.20. The van der Waals surface area contributed by atoms with Crippen molar-refractivity contribution in [2.75, 3.05) is 10.6 Å². The van der Waals surface area contributed by atoms with Crippen molar-refractivity contribution in [1.82, 2.24) is 5.32 Å². The second-order valence-electron chi connectivity index (χ2n) is 7.32. The van der Waals surface area contributed by atoms with Crippen molar-refractivity contribution in [3.63, 3.8) is 0 Å². The minimum atomic E-state index is -0.589. The third-order valence-corrected chi connectivity index (χ3v) is 4.67. The highest BCUT2D eigenvalue weighted by atomic mass is 16.2. The number of carbonyl (C=O) groups is 3. The molecule has 1 saturated carbocycles. The van der Waals surface area contributed by atoms with Crippen molar-refractivity contribution < 1.29 is 14.4 Å². The molecule has 0 aromatic heterocycles. The van der Waals surface area contributed by atoms with Crippen LogP contribution in [0, 0.1) is 11.8 Å². The zero-order valence-electron chi connectivity index (χ0n) is 15.8. The summed E-state index contributed by atoms with van der Waals surface area (Å²) in [6.45, 7) is 5.26. The molecule has 6 heteroatoms. The third-order valence-electron chi connectivity index (χ3n) is 4.67. The van der Waals surface area contributed by atoms with Gasteiger partial charge in [-0.2, -0.15) is 0 Å². The Balaban J connectivity index is 2.01. The van der Waals surface area contributed by atoms with E-state index in [0.717, 1.165) is 25.7 Å². The molecular weight excluding hydrogens is 330 g/mol. The summed E-state index contributed by atoms with van der Waals surface area (Å²) < 4.78 is 0. The highest BCUT2D eigenvalue weighted by molar-refractivity contribution is 5.98. The first-order valence-corrected chi connectivity index (χ1v) is 9.35. The van der Waals surface area contributed by atoms with Crippen LogP contribution in [-0.4, -0.2) is 23.8 Å². The van der Waals surface area contributed by atoms with Gasteiger partial charge in [-0.1, -0.05) is 39.2 Å². The normalized spacial score (nSPS) is 16.0. The van der Waals surface area contributed by atoms with Crippen molar-refractivity contribution in [3.05, 3.63) is 24.3 Å². The van der Waals surface area contributed by atoms with E-state index in [-0.39, 0.29) is 29.6 Å². The van der Waals surface area contributed by atoms with E-state index in [1.165, 1.54) is 13.3 Å². The van der Waals surface area contributed by atoms with Crippen LogP contribution in [0.3, 0.4) is 0 Å². The minimum Gasteiger partial charge on any atom is -0.344 e. The quantitative estimate of drug-likeness (QED) is 0.728. The summed E-state index contributed by atoms with van der Waals surface area (Å²) in [6, 6.07) is 6.37. The molecule has 0 aliphatic heterocycles. The van der Waals surface area contributed by atoms with Gasteiger partial charge in [0.15, 0.2) is 0 Å². The minimum absolute atomic E-state index is 0.0147. The van der Waals surface area contributed by atoms with Gasteiger partial charge < -0.3 is 16.0 Å². The van der Waals surface area contributed by atoms with E-state index >= 15 is 0 Å². The van der Waals surface area contributed by atoms with Crippen LogP contribution in [0.5, 0.6) is 0 Å². The molecule has 3 N–H and O–H groups in total. The zero-order valence-corrected chi connectivity index (χ0v) is 15.8. The maximum absolute atomic E-state index is 12.7. The van der Waals surface area contributed by atoms with E-state index in [0.29, 0.717) is 11.4 Å². The molecule has 6 nitrogen and oxygen atoms in total. The van der Waals surface area contributed by atoms with E-state index in [1.54, 1.807) is 24.3 Å². The number of amides is 3. The monoisotopic (exact) mass is 359 g/mol. The molecule has 1 aliphatic rings. The van der Waals surface area contributed by atoms with Crippen molar-refractivity contribution in [2.45, 2.75) is 58.9 Å². The maximum Gasteiger partial charge on any atom is 0.247 e. The van der Waals surface area contributed by atoms with Crippen LogP contribution in [0.1, 0.15) is 52.9 Å². The molecule has 0 radical (unpaired) electrons. The highest BCUT2D eigenvalue weighted by Crippen LogP contribution is 2.24. The fraction of sp³-hybridized carbons (Fsp3) is 0.550. The van der Waals surface area contributed by atoms with E-state index in [4.69, 9.17) is 0 Å². The van der Waals surface area contributed by atoms with E-state index in [2.05, 4.69) is 16.0 Å². The zero-order chi connectivity index (χ0) is 19.1. The molecule has 1 fully saturated rings. The predicted molar refractivity (Wildman–Crippen MR) is 103 cm³/mol. The highest BCUT2D eigenvalue weighted by Gasteiger charge is 2.28. The first-order valence-electron chi connectivity index (χ1n) is 9.35. The van der Waals surface area contributed by atoms with Crippen LogP contribution >= 0.6 is 0 Å². The molecule has 2 rings (SSSR count). The van der Waals surface area contributed by atoms with Crippen LogP contribution in [0.25, 0.3) is 0 Å². The van der Waals surface area contributed by atoms with E-state index < -0.39 is 6.04 Å². The fourth-order valence-electron chi connectivity index (χ4n) is 3.27. The van der Waals surface area contributed by atoms with E-state index in [1.807, 2.05) is 13.8 Å². The van der Waals surface area contributed by atoms with Crippen molar-refractivity contribution in [1.29, 1.82) is 0 Å². The maximum atomic E-state index is 12.7. The molecule has 0 heterocycles. The first kappa shape index (κ1) is 19.9. The SMILES string of the molecule is CC(=O)Nc1cccc(NC(=O)C(NC(=O)C2CCCCC2)C(C)C)c1. The van der Waals surface area contributed by atoms with Gasteiger partial charge in [0.25, 0.3) is 0 Å². The Bertz CT molecular complexity index is 651. The van der Waals surface area contributed by atoms with Gasteiger partial charge >= 0.3 is 0 Å². The van der Waals surface area contributed by atoms with Gasteiger partial charge in [-0.25, -0.2) is 0 Å². The Labute approximate surface area is 155 Å². The Kier molecular flexibility index (Phi) is 7.18. The largest absolute Gasteiger partial charge is 0.344 e. The van der Waals surface area contributed by atoms with Gasteiger partial charge in [-0.3, -0.25) is 14.4 Å². The van der Waals surface area contributed by atoms with Crippen LogP contribution < -0.4 is 16.0 Å². The lowest BCUT2D eigenvalue weighted by Gasteiger charge is -2.26. The number of hydrogen-bond acceptors (Lipinski definition) is 3. The fourth-order valence-corrected chi connectivity index (χ4v) is 3.27. The van der Waals surface area contributed by atoms with Gasteiger partial charge in [0, 0.05) is 24.2 Å². The molecule has 0 spiro atoms. The lowest BCUT2D eigenvalue weighted by Crippen LogP contribution is -2.49. The molecule has 3 amide bonds. The first-order chi connectivity index (χ1) is 12.4. The summed E-state index contributed by atoms with van der Waals surface area (Å²) in [7, 11) is 0. The topological polar surface area (TPSA) is 87.3 Å². The van der Waals surface area contributed by atoms with Gasteiger partial charge in [-0.05, 0) is 37.0 Å². The Hall–Kier alpha value is -2.37. The van der Waals surface area contributed by atoms with Gasteiger partial charge in [0.1, 0.15) is 6.04 Å². The second kappa shape index (κ2) is 9.36. The number of benzene rings is 1. The average molecular weight is 359 g/mol. The summed E-state index contributed by atoms with van der Waals surface area (Å²) in [6.07, 6.45) is 5.13. The van der Waals surface area contributed by atoms with Crippen molar-refractivity contribution in [2.24, 2.45) is 11.8 Å². The molecule has 1 unspecified atom stereocenters. The number of hydrogen-bond donors (Lipinski definition) is 3. The number of nitrogens with one attached hydrogen (secondary N) is 3. The van der Waals surface area contributed by atoms with Crippen molar-refractivity contribution >= 4 is 29.1 Å². The molecule has 1 aromatic carbocycles. The predicted octanol–water partition coefficient (Wildman–Crippen LogP) is 3.30. The summed E-state index contributed by atoms with van der Waals surface area (Å²) in [5.74, 6) is -0.454. The van der Waals surface area contributed by atoms with Crippen LogP contribution in [0.15, 0.2) is 24.3 Å². The molecule has 26 heavy (non-hydrogen) atoms. The van der Waals surface area contributed by atoms with Crippen LogP contribution in [0.2, 0.25) is 0 Å². The second-order valence-corrected chi connectivity index (χ2v) is 7.32. The molecule has 1 atom stereocenters. The van der Waals surface area contributed by atoms with Crippen molar-refractivity contribution in [3.8, 4) is 0 Å². The molecule has 1 aromatic rings. The molecule has 0 bridgehead atoms. The summed E-state index contributed by atoms with van der Waals surface area (Å²) in [4.78, 5) is 36.4. The van der Waals surface area contributed by atoms with Gasteiger partial charge in [0.2, 0.25) is 17.7 Å².